The topological polar surface area (TPSA) is 58.9 Å². The molecule has 1 heterocycles. The van der Waals surface area contributed by atoms with E-state index in [0.29, 0.717) is 13.0 Å². The first-order chi connectivity index (χ1) is 6.24. The molecule has 0 aliphatic heterocycles. The number of nitrogens with two attached hydrogens (primary N) is 1. The van der Waals surface area contributed by atoms with Crippen molar-refractivity contribution in [2.45, 2.75) is 13.3 Å². The molecule has 68 valence electrons. The molecule has 0 aromatic carbocycles. The molecule has 3 heteroatoms. The summed E-state index contributed by atoms with van der Waals surface area (Å²) in [6.45, 7) is 2.43. The lowest BCUT2D eigenvalue weighted by molar-refractivity contribution is 1.03. The molecule has 1 aromatic rings. The van der Waals surface area contributed by atoms with Crippen LogP contribution in [-0.2, 0) is 0 Å². The molecular weight excluding hydrogens is 164 g/mol. The molecule has 0 amide bonds. The average molecular weight is 176 g/mol. The summed E-state index contributed by atoms with van der Waals surface area (Å²) in [4.78, 5) is 13.4. The molecule has 0 saturated heterocycles. The van der Waals surface area contributed by atoms with Crippen molar-refractivity contribution in [1.29, 1.82) is 0 Å². The van der Waals surface area contributed by atoms with Crippen molar-refractivity contribution < 1.29 is 0 Å². The summed E-state index contributed by atoms with van der Waals surface area (Å²) in [7, 11) is 0. The van der Waals surface area contributed by atoms with Crippen LogP contribution in [0.5, 0.6) is 0 Å². The molecule has 0 fully saturated rings. The van der Waals surface area contributed by atoms with Crippen molar-refractivity contribution in [3.05, 3.63) is 33.7 Å². The smallest absolute Gasteiger partial charge is 0.248 e. The van der Waals surface area contributed by atoms with E-state index in [9.17, 15) is 4.79 Å². The van der Waals surface area contributed by atoms with Gasteiger partial charge in [-0.3, -0.25) is 4.79 Å². The first-order valence-corrected chi connectivity index (χ1v) is 4.12. The van der Waals surface area contributed by atoms with Gasteiger partial charge in [0.1, 0.15) is 0 Å². The standard InChI is InChI=1S/C10H12N2O/c1-8-6-10(13)12-7-9(8)4-2-3-5-11/h6-7H,3,5,11H2,1H3,(H,12,13). The maximum Gasteiger partial charge on any atom is 0.248 e. The first-order valence-electron chi connectivity index (χ1n) is 4.12. The third-order valence-corrected chi connectivity index (χ3v) is 1.62. The highest BCUT2D eigenvalue weighted by atomic mass is 16.1. The van der Waals surface area contributed by atoms with Crippen LogP contribution in [0.15, 0.2) is 17.1 Å². The maximum atomic E-state index is 10.8. The fraction of sp³-hybridized carbons (Fsp3) is 0.300. The first kappa shape index (κ1) is 9.56. The lowest BCUT2D eigenvalue weighted by Gasteiger charge is -1.94. The predicted octanol–water partition coefficient (Wildman–Crippen LogP) is 0.384. The molecule has 0 aliphatic rings. The summed E-state index contributed by atoms with van der Waals surface area (Å²) in [6, 6.07) is 1.53. The molecule has 3 nitrogen and oxygen atoms in total. The Morgan fingerprint density at radius 2 is 2.38 bits per heavy atom. The second kappa shape index (κ2) is 4.48. The van der Waals surface area contributed by atoms with Crippen LogP contribution in [-0.4, -0.2) is 11.5 Å². The van der Waals surface area contributed by atoms with Gasteiger partial charge in [0.05, 0.1) is 0 Å². The van der Waals surface area contributed by atoms with E-state index in [1.165, 1.54) is 6.07 Å². The Kier molecular flexibility index (Phi) is 3.30. The average Bonchev–Trinajstić information content (AvgIpc) is 2.09. The van der Waals surface area contributed by atoms with Crippen LogP contribution in [0.4, 0.5) is 0 Å². The maximum absolute atomic E-state index is 10.8. The van der Waals surface area contributed by atoms with Crippen LogP contribution in [0, 0.1) is 18.8 Å². The van der Waals surface area contributed by atoms with Gasteiger partial charge in [-0.1, -0.05) is 11.8 Å². The van der Waals surface area contributed by atoms with Crippen molar-refractivity contribution >= 4 is 0 Å². The van der Waals surface area contributed by atoms with Crippen LogP contribution < -0.4 is 11.3 Å². The fourth-order valence-electron chi connectivity index (χ4n) is 0.938. The fourth-order valence-corrected chi connectivity index (χ4v) is 0.938. The van der Waals surface area contributed by atoms with E-state index in [2.05, 4.69) is 16.8 Å². The summed E-state index contributed by atoms with van der Waals surface area (Å²) in [5.41, 5.74) is 6.95. The number of aryl methyl sites for hydroxylation is 1. The zero-order valence-electron chi connectivity index (χ0n) is 7.55. The number of aromatic nitrogens is 1. The molecule has 0 aliphatic carbocycles. The third kappa shape index (κ3) is 2.77. The normalized spacial score (nSPS) is 9.08. The Balaban J connectivity index is 2.92. The zero-order chi connectivity index (χ0) is 9.68. The van der Waals surface area contributed by atoms with Gasteiger partial charge in [0.25, 0.3) is 0 Å². The Labute approximate surface area is 77.0 Å². The van der Waals surface area contributed by atoms with Gasteiger partial charge in [0, 0.05) is 30.8 Å². The second-order valence-electron chi connectivity index (χ2n) is 2.73. The Hall–Kier alpha value is -1.53. The minimum Gasteiger partial charge on any atom is -0.330 e. The predicted molar refractivity (Wildman–Crippen MR) is 52.3 cm³/mol. The van der Waals surface area contributed by atoms with Crippen LogP contribution in [0.2, 0.25) is 0 Å². The molecule has 1 aromatic heterocycles. The second-order valence-corrected chi connectivity index (χ2v) is 2.73. The molecule has 3 N–H and O–H groups in total. The highest BCUT2D eigenvalue weighted by Crippen LogP contribution is 1.99. The van der Waals surface area contributed by atoms with E-state index in [0.717, 1.165) is 11.1 Å². The van der Waals surface area contributed by atoms with Gasteiger partial charge < -0.3 is 10.7 Å². The van der Waals surface area contributed by atoms with Gasteiger partial charge in [-0.15, -0.1) is 0 Å². The summed E-state index contributed by atoms with van der Waals surface area (Å²) < 4.78 is 0. The number of rotatable bonds is 1. The molecule has 0 saturated carbocycles. The summed E-state index contributed by atoms with van der Waals surface area (Å²) in [5.74, 6) is 5.86. The van der Waals surface area contributed by atoms with Crippen molar-refractivity contribution in [3.8, 4) is 11.8 Å². The van der Waals surface area contributed by atoms with Crippen LogP contribution in [0.25, 0.3) is 0 Å². The summed E-state index contributed by atoms with van der Waals surface area (Å²) in [6.07, 6.45) is 2.31. The number of hydrogen-bond donors (Lipinski definition) is 2. The number of nitrogens with one attached hydrogen (secondary N) is 1. The van der Waals surface area contributed by atoms with Crippen molar-refractivity contribution in [2.24, 2.45) is 5.73 Å². The quantitative estimate of drug-likeness (QED) is 0.608. The monoisotopic (exact) mass is 176 g/mol. The summed E-state index contributed by atoms with van der Waals surface area (Å²) >= 11 is 0. The Morgan fingerprint density at radius 3 is 3.00 bits per heavy atom. The molecule has 0 unspecified atom stereocenters. The SMILES string of the molecule is Cc1cc(=O)[nH]cc1C#CCCN. The molecule has 0 radical (unpaired) electrons. The molecular formula is C10H12N2O. The van der Waals surface area contributed by atoms with E-state index < -0.39 is 0 Å². The van der Waals surface area contributed by atoms with Gasteiger partial charge >= 0.3 is 0 Å². The minimum absolute atomic E-state index is 0.0955. The largest absolute Gasteiger partial charge is 0.330 e. The lowest BCUT2D eigenvalue weighted by Crippen LogP contribution is -2.04. The summed E-state index contributed by atoms with van der Waals surface area (Å²) in [5, 5.41) is 0. The molecule has 13 heavy (non-hydrogen) atoms. The molecule has 0 bridgehead atoms. The van der Waals surface area contributed by atoms with E-state index in [4.69, 9.17) is 5.73 Å². The number of aromatic amines is 1. The van der Waals surface area contributed by atoms with Gasteiger partial charge in [0.15, 0.2) is 0 Å². The van der Waals surface area contributed by atoms with Gasteiger partial charge in [-0.25, -0.2) is 0 Å². The number of pyridine rings is 1. The number of H-pyrrole nitrogens is 1. The molecule has 0 spiro atoms. The van der Waals surface area contributed by atoms with E-state index in [1.807, 2.05) is 6.92 Å². The van der Waals surface area contributed by atoms with Gasteiger partial charge in [-0.05, 0) is 12.5 Å². The van der Waals surface area contributed by atoms with E-state index >= 15 is 0 Å². The Morgan fingerprint density at radius 1 is 1.62 bits per heavy atom. The zero-order valence-corrected chi connectivity index (χ0v) is 7.55. The molecule has 0 atom stereocenters. The highest BCUT2D eigenvalue weighted by molar-refractivity contribution is 5.37. The number of hydrogen-bond acceptors (Lipinski definition) is 2. The Bertz CT molecular complexity index is 395. The van der Waals surface area contributed by atoms with E-state index in [1.54, 1.807) is 6.20 Å². The van der Waals surface area contributed by atoms with Crippen LogP contribution in [0.3, 0.4) is 0 Å². The van der Waals surface area contributed by atoms with Crippen LogP contribution in [0.1, 0.15) is 17.5 Å². The van der Waals surface area contributed by atoms with Gasteiger partial charge in [0.2, 0.25) is 5.56 Å². The highest BCUT2D eigenvalue weighted by Gasteiger charge is 1.93. The van der Waals surface area contributed by atoms with E-state index in [-0.39, 0.29) is 5.56 Å². The van der Waals surface area contributed by atoms with Crippen molar-refractivity contribution in [1.82, 2.24) is 4.98 Å². The van der Waals surface area contributed by atoms with Gasteiger partial charge in [-0.2, -0.15) is 0 Å². The van der Waals surface area contributed by atoms with Crippen molar-refractivity contribution in [2.75, 3.05) is 6.54 Å². The lowest BCUT2D eigenvalue weighted by atomic mass is 10.1. The van der Waals surface area contributed by atoms with Crippen LogP contribution >= 0.6 is 0 Å². The van der Waals surface area contributed by atoms with Crippen molar-refractivity contribution in [3.63, 3.8) is 0 Å². The third-order valence-electron chi connectivity index (χ3n) is 1.62. The minimum atomic E-state index is -0.0955. The molecule has 1 rings (SSSR count).